The number of nitro groups is 1. The number of hydrogen-bond acceptors (Lipinski definition) is 5. The molecule has 1 unspecified atom stereocenters. The molecule has 0 aromatic heterocycles. The standard InChI is InChI=1S/C12H15ClN2O5/c1-3-14-12(2,11(16)17)7-20-10-6-8(15(18)19)4-5-9(10)13/h4-6,14H,3,7H2,1-2H3,(H,16,17). The summed E-state index contributed by atoms with van der Waals surface area (Å²) in [6.07, 6.45) is 0. The number of likely N-dealkylation sites (N-methyl/N-ethyl adjacent to an activating group) is 1. The van der Waals surface area contributed by atoms with Crippen LogP contribution in [-0.4, -0.2) is 34.7 Å². The van der Waals surface area contributed by atoms with Crippen molar-refractivity contribution in [3.63, 3.8) is 0 Å². The molecular formula is C12H15ClN2O5. The van der Waals surface area contributed by atoms with Crippen molar-refractivity contribution in [1.82, 2.24) is 5.32 Å². The molecule has 0 amide bonds. The Kier molecular flexibility index (Phi) is 5.29. The van der Waals surface area contributed by atoms with E-state index in [0.717, 1.165) is 6.07 Å². The Morgan fingerprint density at radius 1 is 1.60 bits per heavy atom. The van der Waals surface area contributed by atoms with Crippen LogP contribution in [0.3, 0.4) is 0 Å². The minimum absolute atomic E-state index is 0.0752. The number of ether oxygens (including phenoxy) is 1. The van der Waals surface area contributed by atoms with Gasteiger partial charge in [-0.2, -0.15) is 0 Å². The van der Waals surface area contributed by atoms with Crippen molar-refractivity contribution >= 4 is 23.3 Å². The lowest BCUT2D eigenvalue weighted by Gasteiger charge is -2.25. The number of nitrogens with zero attached hydrogens (tertiary/aromatic N) is 1. The fraction of sp³-hybridized carbons (Fsp3) is 0.417. The van der Waals surface area contributed by atoms with E-state index in [4.69, 9.17) is 16.3 Å². The van der Waals surface area contributed by atoms with Gasteiger partial charge in [0.15, 0.2) is 0 Å². The minimum Gasteiger partial charge on any atom is -0.489 e. The molecule has 0 bridgehead atoms. The Balaban J connectivity index is 2.90. The number of nitrogens with one attached hydrogen (secondary N) is 1. The van der Waals surface area contributed by atoms with E-state index in [1.54, 1.807) is 6.92 Å². The van der Waals surface area contributed by atoms with Gasteiger partial charge in [0.05, 0.1) is 16.0 Å². The van der Waals surface area contributed by atoms with E-state index < -0.39 is 16.4 Å². The number of halogens is 1. The highest BCUT2D eigenvalue weighted by Crippen LogP contribution is 2.29. The second-order valence-electron chi connectivity index (χ2n) is 4.33. The summed E-state index contributed by atoms with van der Waals surface area (Å²) in [6, 6.07) is 3.74. The first-order chi connectivity index (χ1) is 9.30. The summed E-state index contributed by atoms with van der Waals surface area (Å²) >= 11 is 5.87. The van der Waals surface area contributed by atoms with Gasteiger partial charge < -0.3 is 9.84 Å². The van der Waals surface area contributed by atoms with Crippen LogP contribution in [-0.2, 0) is 4.79 Å². The summed E-state index contributed by atoms with van der Waals surface area (Å²) in [4.78, 5) is 21.3. The summed E-state index contributed by atoms with van der Waals surface area (Å²) in [7, 11) is 0. The van der Waals surface area contributed by atoms with Gasteiger partial charge in [-0.1, -0.05) is 18.5 Å². The number of hydrogen-bond donors (Lipinski definition) is 2. The van der Waals surface area contributed by atoms with Crippen LogP contribution in [0, 0.1) is 10.1 Å². The van der Waals surface area contributed by atoms with Crippen LogP contribution in [0.2, 0.25) is 5.02 Å². The SMILES string of the molecule is CCNC(C)(COc1cc([N+](=O)[O-])ccc1Cl)C(=O)O. The Hall–Kier alpha value is -1.86. The van der Waals surface area contributed by atoms with E-state index in [0.29, 0.717) is 6.54 Å². The Bertz CT molecular complexity index is 523. The highest BCUT2D eigenvalue weighted by Gasteiger charge is 2.33. The molecule has 0 aliphatic heterocycles. The Morgan fingerprint density at radius 2 is 2.25 bits per heavy atom. The average Bonchev–Trinajstić information content (AvgIpc) is 2.37. The molecule has 0 spiro atoms. The number of rotatable bonds is 7. The van der Waals surface area contributed by atoms with Gasteiger partial charge in [0, 0.05) is 6.07 Å². The zero-order valence-corrected chi connectivity index (χ0v) is 11.8. The number of carbonyl (C=O) groups is 1. The number of carboxylic acids is 1. The van der Waals surface area contributed by atoms with Gasteiger partial charge in [0.1, 0.15) is 17.9 Å². The highest BCUT2D eigenvalue weighted by atomic mass is 35.5. The molecule has 0 fully saturated rings. The molecule has 7 nitrogen and oxygen atoms in total. The lowest BCUT2D eigenvalue weighted by Crippen LogP contribution is -2.53. The van der Waals surface area contributed by atoms with E-state index in [2.05, 4.69) is 5.32 Å². The molecule has 0 aliphatic rings. The number of benzene rings is 1. The zero-order chi connectivity index (χ0) is 15.3. The summed E-state index contributed by atoms with van der Waals surface area (Å²) < 4.78 is 5.33. The van der Waals surface area contributed by atoms with Crippen LogP contribution < -0.4 is 10.1 Å². The maximum Gasteiger partial charge on any atom is 0.327 e. The molecule has 20 heavy (non-hydrogen) atoms. The van der Waals surface area contributed by atoms with Gasteiger partial charge in [-0.25, -0.2) is 0 Å². The fourth-order valence-electron chi connectivity index (χ4n) is 1.52. The predicted molar refractivity (Wildman–Crippen MR) is 73.3 cm³/mol. The van der Waals surface area contributed by atoms with Gasteiger partial charge in [0.2, 0.25) is 0 Å². The van der Waals surface area contributed by atoms with Crippen molar-refractivity contribution in [2.24, 2.45) is 0 Å². The molecule has 1 aromatic rings. The fourth-order valence-corrected chi connectivity index (χ4v) is 1.69. The number of nitro benzene ring substituents is 1. The highest BCUT2D eigenvalue weighted by molar-refractivity contribution is 6.32. The summed E-state index contributed by atoms with van der Waals surface area (Å²) in [6.45, 7) is 3.46. The third-order valence-electron chi connectivity index (χ3n) is 2.68. The summed E-state index contributed by atoms with van der Waals surface area (Å²) in [5.74, 6) is -1.01. The van der Waals surface area contributed by atoms with Crippen LogP contribution in [0.1, 0.15) is 13.8 Å². The van der Waals surface area contributed by atoms with Crippen LogP contribution in [0.15, 0.2) is 18.2 Å². The molecule has 0 saturated carbocycles. The van der Waals surface area contributed by atoms with Gasteiger partial charge >= 0.3 is 5.97 Å². The largest absolute Gasteiger partial charge is 0.489 e. The van der Waals surface area contributed by atoms with E-state index >= 15 is 0 Å². The van der Waals surface area contributed by atoms with Crippen molar-refractivity contribution in [2.45, 2.75) is 19.4 Å². The van der Waals surface area contributed by atoms with Crippen molar-refractivity contribution in [1.29, 1.82) is 0 Å². The van der Waals surface area contributed by atoms with Crippen molar-refractivity contribution in [3.05, 3.63) is 33.3 Å². The first-order valence-corrected chi connectivity index (χ1v) is 6.23. The molecule has 1 atom stereocenters. The van der Waals surface area contributed by atoms with E-state index in [1.807, 2.05) is 0 Å². The molecule has 2 N–H and O–H groups in total. The van der Waals surface area contributed by atoms with Crippen molar-refractivity contribution in [2.75, 3.05) is 13.2 Å². The zero-order valence-electron chi connectivity index (χ0n) is 11.1. The molecule has 1 aromatic carbocycles. The number of carboxylic acid groups (broad SMARTS) is 1. The minimum atomic E-state index is -1.30. The van der Waals surface area contributed by atoms with Gasteiger partial charge in [0.25, 0.3) is 5.69 Å². The van der Waals surface area contributed by atoms with E-state index in [9.17, 15) is 20.0 Å². The molecule has 0 aliphatic carbocycles. The maximum absolute atomic E-state index is 11.2. The van der Waals surface area contributed by atoms with Crippen LogP contribution in [0.4, 0.5) is 5.69 Å². The van der Waals surface area contributed by atoms with Gasteiger partial charge in [-0.15, -0.1) is 0 Å². The molecule has 0 saturated heterocycles. The first-order valence-electron chi connectivity index (χ1n) is 5.85. The van der Waals surface area contributed by atoms with Gasteiger partial charge in [-0.05, 0) is 19.5 Å². The lowest BCUT2D eigenvalue weighted by molar-refractivity contribution is -0.384. The van der Waals surface area contributed by atoms with E-state index in [1.165, 1.54) is 19.1 Å². The predicted octanol–water partition coefficient (Wildman–Crippen LogP) is 2.08. The monoisotopic (exact) mass is 302 g/mol. The van der Waals surface area contributed by atoms with Crippen molar-refractivity contribution in [3.8, 4) is 5.75 Å². The lowest BCUT2D eigenvalue weighted by atomic mass is 10.0. The number of aliphatic carboxylic acids is 1. The smallest absolute Gasteiger partial charge is 0.327 e. The summed E-state index contributed by atoms with van der Waals surface area (Å²) in [5.41, 5.74) is -1.48. The molecule has 0 heterocycles. The molecule has 0 radical (unpaired) electrons. The normalized spacial score (nSPS) is 13.6. The van der Waals surface area contributed by atoms with Crippen LogP contribution >= 0.6 is 11.6 Å². The third kappa shape index (κ3) is 3.82. The Labute approximate surface area is 120 Å². The quantitative estimate of drug-likeness (QED) is 0.590. The van der Waals surface area contributed by atoms with E-state index in [-0.39, 0.29) is 23.1 Å². The van der Waals surface area contributed by atoms with Crippen LogP contribution in [0.25, 0.3) is 0 Å². The summed E-state index contributed by atoms with van der Waals surface area (Å²) in [5, 5.41) is 22.8. The third-order valence-corrected chi connectivity index (χ3v) is 2.99. The van der Waals surface area contributed by atoms with Crippen molar-refractivity contribution < 1.29 is 19.6 Å². The molecule has 110 valence electrons. The second kappa shape index (κ2) is 6.53. The number of non-ortho nitro benzene ring substituents is 1. The Morgan fingerprint density at radius 3 is 2.75 bits per heavy atom. The molecule has 8 heteroatoms. The topological polar surface area (TPSA) is 102 Å². The average molecular weight is 303 g/mol. The van der Waals surface area contributed by atoms with Gasteiger partial charge in [-0.3, -0.25) is 20.2 Å². The molecule has 1 rings (SSSR count). The first kappa shape index (κ1) is 16.2. The second-order valence-corrected chi connectivity index (χ2v) is 4.74. The molecular weight excluding hydrogens is 288 g/mol. The van der Waals surface area contributed by atoms with Crippen LogP contribution in [0.5, 0.6) is 5.75 Å². The maximum atomic E-state index is 11.2.